The van der Waals surface area contributed by atoms with Gasteiger partial charge in [0.05, 0.1) is 23.6 Å². The lowest BCUT2D eigenvalue weighted by Crippen LogP contribution is -2.47. The number of hydrogen-bond acceptors (Lipinski definition) is 4. The summed E-state index contributed by atoms with van der Waals surface area (Å²) in [5.41, 5.74) is 3.93. The number of aromatic amines is 1. The maximum Gasteiger partial charge on any atom is 0.407 e. The van der Waals surface area contributed by atoms with Crippen LogP contribution in [0.2, 0.25) is 0 Å². The third-order valence-corrected chi connectivity index (χ3v) is 7.17. The quantitative estimate of drug-likeness (QED) is 0.342. The highest BCUT2D eigenvalue weighted by molar-refractivity contribution is 5.75. The fraction of sp³-hybridized carbons (Fsp3) is 0.357. The normalized spacial score (nSPS) is 18.2. The number of amides is 1. The number of rotatable bonds is 9. The molecule has 8 nitrogen and oxygen atoms in total. The highest BCUT2D eigenvalue weighted by atomic mass is 16.4. The van der Waals surface area contributed by atoms with E-state index in [-0.39, 0.29) is 17.8 Å². The average molecular weight is 489 g/mol. The number of fused-ring (bicyclic) bond motifs is 1. The number of H-pyrrole nitrogens is 1. The lowest BCUT2D eigenvalue weighted by Gasteiger charge is -2.38. The number of imidazole rings is 1. The van der Waals surface area contributed by atoms with Crippen molar-refractivity contribution in [3.63, 3.8) is 0 Å². The first-order valence-corrected chi connectivity index (χ1v) is 12.5. The molecule has 2 N–H and O–H groups in total. The molecule has 36 heavy (non-hydrogen) atoms. The lowest BCUT2D eigenvalue weighted by atomic mass is 9.93. The predicted molar refractivity (Wildman–Crippen MR) is 138 cm³/mol. The number of hydrogen-bond donors (Lipinski definition) is 2. The van der Waals surface area contributed by atoms with Crippen molar-refractivity contribution in [3.8, 4) is 0 Å². The van der Waals surface area contributed by atoms with Crippen molar-refractivity contribution in [2.75, 3.05) is 13.1 Å². The van der Waals surface area contributed by atoms with Gasteiger partial charge in [-0.3, -0.25) is 9.47 Å². The molecule has 2 aromatic heterocycles. The van der Waals surface area contributed by atoms with Crippen LogP contribution in [0, 0.1) is 0 Å². The first kappa shape index (κ1) is 23.9. The molecule has 0 saturated carbocycles. The SMILES string of the molecule is O=C(O)N1CCC(n2c(=O)[nH]c3ccccc32)CC1CCCN(Cc1ccccc1)Cc1ccoc1. The fourth-order valence-electron chi connectivity index (χ4n) is 5.47. The molecule has 2 aromatic carbocycles. The summed E-state index contributed by atoms with van der Waals surface area (Å²) in [4.78, 5) is 31.6. The summed E-state index contributed by atoms with van der Waals surface area (Å²) in [6.07, 6.45) is 5.44. The van der Waals surface area contributed by atoms with E-state index in [1.54, 1.807) is 17.4 Å². The third-order valence-electron chi connectivity index (χ3n) is 7.17. The fourth-order valence-corrected chi connectivity index (χ4v) is 5.47. The molecule has 3 heterocycles. The van der Waals surface area contributed by atoms with E-state index in [1.165, 1.54) is 5.56 Å². The highest BCUT2D eigenvalue weighted by Crippen LogP contribution is 2.31. The zero-order chi connectivity index (χ0) is 24.9. The van der Waals surface area contributed by atoms with Crippen LogP contribution < -0.4 is 5.69 Å². The van der Waals surface area contributed by atoms with Gasteiger partial charge >= 0.3 is 11.8 Å². The molecule has 1 amide bonds. The maximum absolute atomic E-state index is 12.8. The molecular formula is C28H32N4O4. The molecule has 0 bridgehead atoms. The highest BCUT2D eigenvalue weighted by Gasteiger charge is 2.33. The summed E-state index contributed by atoms with van der Waals surface area (Å²) < 4.78 is 7.09. The number of carbonyl (C=O) groups is 1. The number of carboxylic acid groups (broad SMARTS) is 1. The van der Waals surface area contributed by atoms with Crippen LogP contribution in [0.4, 0.5) is 4.79 Å². The van der Waals surface area contributed by atoms with Crippen molar-refractivity contribution in [1.29, 1.82) is 0 Å². The Kier molecular flexibility index (Phi) is 7.23. The molecule has 1 aliphatic heterocycles. The van der Waals surface area contributed by atoms with Crippen LogP contribution in [0.1, 0.15) is 42.9 Å². The van der Waals surface area contributed by atoms with Gasteiger partial charge in [-0.2, -0.15) is 0 Å². The predicted octanol–water partition coefficient (Wildman–Crippen LogP) is 5.09. The third kappa shape index (κ3) is 5.39. The lowest BCUT2D eigenvalue weighted by molar-refractivity contribution is 0.0853. The van der Waals surface area contributed by atoms with Crippen molar-refractivity contribution < 1.29 is 14.3 Å². The van der Waals surface area contributed by atoms with E-state index in [0.29, 0.717) is 19.4 Å². The van der Waals surface area contributed by atoms with Crippen LogP contribution in [0.25, 0.3) is 11.0 Å². The van der Waals surface area contributed by atoms with Crippen LogP contribution in [0.5, 0.6) is 0 Å². The maximum atomic E-state index is 12.8. The van der Waals surface area contributed by atoms with Crippen LogP contribution in [-0.2, 0) is 13.1 Å². The van der Waals surface area contributed by atoms with Crippen molar-refractivity contribution in [2.24, 2.45) is 0 Å². The molecule has 0 radical (unpaired) electrons. The summed E-state index contributed by atoms with van der Waals surface area (Å²) in [7, 11) is 0. The van der Waals surface area contributed by atoms with Crippen LogP contribution in [-0.4, -0.2) is 49.7 Å². The van der Waals surface area contributed by atoms with Crippen molar-refractivity contribution in [3.05, 3.63) is 94.8 Å². The summed E-state index contributed by atoms with van der Waals surface area (Å²) in [6, 6.07) is 19.9. The first-order chi connectivity index (χ1) is 17.6. The molecule has 2 unspecified atom stereocenters. The molecular weight excluding hydrogens is 456 g/mol. The van der Waals surface area contributed by atoms with Gasteiger partial charge < -0.3 is 19.4 Å². The smallest absolute Gasteiger partial charge is 0.407 e. The summed E-state index contributed by atoms with van der Waals surface area (Å²) in [6.45, 7) is 2.85. The van der Waals surface area contributed by atoms with Crippen LogP contribution in [0.15, 0.2) is 82.4 Å². The van der Waals surface area contributed by atoms with Crippen LogP contribution in [0.3, 0.4) is 0 Å². The Labute approximate surface area is 209 Å². The van der Waals surface area contributed by atoms with E-state index in [0.717, 1.165) is 49.1 Å². The summed E-state index contributed by atoms with van der Waals surface area (Å²) in [5, 5.41) is 9.86. The Morgan fingerprint density at radius 2 is 1.83 bits per heavy atom. The molecule has 1 aliphatic rings. The second kappa shape index (κ2) is 10.9. The molecule has 188 valence electrons. The van der Waals surface area contributed by atoms with E-state index >= 15 is 0 Å². The molecule has 2 atom stereocenters. The molecule has 1 saturated heterocycles. The van der Waals surface area contributed by atoms with Gasteiger partial charge in [-0.1, -0.05) is 42.5 Å². The van der Waals surface area contributed by atoms with E-state index in [4.69, 9.17) is 4.42 Å². The Hall–Kier alpha value is -3.78. The van der Waals surface area contributed by atoms with E-state index in [2.05, 4.69) is 22.0 Å². The average Bonchev–Trinajstić information content (AvgIpc) is 3.51. The minimum atomic E-state index is -0.885. The molecule has 0 spiro atoms. The zero-order valence-corrected chi connectivity index (χ0v) is 20.3. The zero-order valence-electron chi connectivity index (χ0n) is 20.3. The monoisotopic (exact) mass is 488 g/mol. The molecule has 4 aromatic rings. The number of para-hydroxylation sites is 2. The Balaban J connectivity index is 1.28. The number of benzene rings is 2. The molecule has 8 heteroatoms. The second-order valence-electron chi connectivity index (χ2n) is 9.60. The second-order valence-corrected chi connectivity index (χ2v) is 9.60. The standard InChI is InChI=1S/C28H32N4O4/c33-27-29-25-10-4-5-11-26(25)32(27)24-12-15-31(28(34)35)23(17-24)9-6-14-30(19-22-13-16-36-20-22)18-21-7-2-1-3-8-21/h1-5,7-8,10-11,13,16,20,23-24H,6,9,12,14-15,17-19H2,(H,29,33)(H,34,35). The molecule has 1 fully saturated rings. The van der Waals surface area contributed by atoms with Gasteiger partial charge in [-0.05, 0) is 56.0 Å². The van der Waals surface area contributed by atoms with E-state index in [9.17, 15) is 14.7 Å². The van der Waals surface area contributed by atoms with Crippen molar-refractivity contribution in [2.45, 2.75) is 50.9 Å². The van der Waals surface area contributed by atoms with Gasteiger partial charge in [0.25, 0.3) is 0 Å². The van der Waals surface area contributed by atoms with Gasteiger partial charge in [0.2, 0.25) is 0 Å². The van der Waals surface area contributed by atoms with Gasteiger partial charge in [-0.25, -0.2) is 9.59 Å². The Morgan fingerprint density at radius 3 is 2.61 bits per heavy atom. The van der Waals surface area contributed by atoms with E-state index < -0.39 is 6.09 Å². The Bertz CT molecular complexity index is 1330. The van der Waals surface area contributed by atoms with Gasteiger partial charge in [-0.15, -0.1) is 0 Å². The first-order valence-electron chi connectivity index (χ1n) is 12.5. The Morgan fingerprint density at radius 1 is 1.06 bits per heavy atom. The van der Waals surface area contributed by atoms with Crippen molar-refractivity contribution in [1.82, 2.24) is 19.4 Å². The number of piperidine rings is 1. The molecule has 0 aliphatic carbocycles. The van der Waals surface area contributed by atoms with Crippen molar-refractivity contribution >= 4 is 17.1 Å². The number of likely N-dealkylation sites (tertiary alicyclic amines) is 1. The number of nitrogens with one attached hydrogen (secondary N) is 1. The molecule has 5 rings (SSSR count). The number of aromatic nitrogens is 2. The van der Waals surface area contributed by atoms with Gasteiger partial charge in [0.1, 0.15) is 0 Å². The minimum Gasteiger partial charge on any atom is -0.472 e. The van der Waals surface area contributed by atoms with Crippen LogP contribution >= 0.6 is 0 Å². The topological polar surface area (TPSA) is 94.7 Å². The summed E-state index contributed by atoms with van der Waals surface area (Å²) >= 11 is 0. The largest absolute Gasteiger partial charge is 0.472 e. The van der Waals surface area contributed by atoms with E-state index in [1.807, 2.05) is 53.1 Å². The minimum absolute atomic E-state index is 0.0272. The number of furan rings is 1. The van der Waals surface area contributed by atoms with Gasteiger partial charge in [0, 0.05) is 37.3 Å². The van der Waals surface area contributed by atoms with Gasteiger partial charge in [0.15, 0.2) is 0 Å². The summed E-state index contributed by atoms with van der Waals surface area (Å²) in [5.74, 6) is 0. The number of nitrogens with zero attached hydrogens (tertiary/aromatic N) is 3.